The van der Waals surface area contributed by atoms with Gasteiger partial charge < -0.3 is 5.32 Å². The molecule has 1 aromatic heterocycles. The molecule has 1 amide bonds. The minimum atomic E-state index is -4.20. The second kappa shape index (κ2) is 7.26. The van der Waals surface area contributed by atoms with Gasteiger partial charge in [-0.05, 0) is 23.8 Å². The number of nitrogens with two attached hydrogens (primary N) is 1. The van der Waals surface area contributed by atoms with Crippen LogP contribution in [0.15, 0.2) is 53.7 Å². The van der Waals surface area contributed by atoms with Gasteiger partial charge in [-0.3, -0.25) is 9.36 Å². The number of nitrogens with one attached hydrogen (secondary N) is 1. The fraction of sp³-hybridized carbons (Fsp3) is 0.118. The third-order valence-electron chi connectivity index (χ3n) is 3.86. The van der Waals surface area contributed by atoms with Gasteiger partial charge in [-0.25, -0.2) is 13.6 Å². The van der Waals surface area contributed by atoms with E-state index in [0.717, 1.165) is 18.5 Å². The van der Waals surface area contributed by atoms with Crippen molar-refractivity contribution in [2.24, 2.45) is 5.14 Å². The van der Waals surface area contributed by atoms with E-state index in [2.05, 4.69) is 5.32 Å². The number of nitrogens with zero attached hydrogens (tertiary/aromatic N) is 1. The third-order valence-corrected chi connectivity index (χ3v) is 5.18. The lowest BCUT2D eigenvalue weighted by Crippen LogP contribution is -2.16. The minimum Gasteiger partial charge on any atom is -0.326 e. The molecule has 3 N–H and O–H groups in total. The molecule has 2 aromatic carbocycles. The van der Waals surface area contributed by atoms with Crippen molar-refractivity contribution in [3.63, 3.8) is 0 Å². The topological polar surface area (TPSA) is 94.2 Å². The fourth-order valence-electron chi connectivity index (χ4n) is 2.68. The number of sulfonamides is 1. The standard InChI is InChI=1S/C17H14ClF2N3O3S/c18-14-4-2-1-3-10(14)6-16(24)22-12-5-11-8-23(17(19)20)9-13(11)15(7-12)27(21,25)26/h1-5,7-9,17H,6H2,(H,22,24)(H2,21,25,26). The smallest absolute Gasteiger partial charge is 0.318 e. The van der Waals surface area contributed by atoms with Gasteiger partial charge in [0.2, 0.25) is 15.9 Å². The summed E-state index contributed by atoms with van der Waals surface area (Å²) in [6.07, 6.45) is 2.04. The molecule has 0 unspecified atom stereocenters. The van der Waals surface area contributed by atoms with E-state index in [9.17, 15) is 22.0 Å². The summed E-state index contributed by atoms with van der Waals surface area (Å²) in [4.78, 5) is 11.9. The summed E-state index contributed by atoms with van der Waals surface area (Å²) in [6.45, 7) is -2.84. The van der Waals surface area contributed by atoms with Crippen LogP contribution in [0.25, 0.3) is 10.8 Å². The second-order valence-electron chi connectivity index (χ2n) is 5.82. The lowest BCUT2D eigenvalue weighted by Gasteiger charge is -2.09. The number of halogens is 3. The van der Waals surface area contributed by atoms with Crippen LogP contribution in [0.5, 0.6) is 0 Å². The van der Waals surface area contributed by atoms with Gasteiger partial charge in [-0.2, -0.15) is 8.78 Å². The number of carbonyl (C=O) groups excluding carboxylic acids is 1. The second-order valence-corrected chi connectivity index (χ2v) is 7.76. The van der Waals surface area contributed by atoms with Crippen molar-refractivity contribution < 1.29 is 22.0 Å². The molecule has 1 heterocycles. The molecule has 3 aromatic rings. The average molecular weight is 414 g/mol. The van der Waals surface area contributed by atoms with Crippen molar-refractivity contribution in [1.29, 1.82) is 0 Å². The summed E-state index contributed by atoms with van der Waals surface area (Å²) in [5.41, 5.74) is 0.712. The lowest BCUT2D eigenvalue weighted by atomic mass is 10.1. The highest BCUT2D eigenvalue weighted by molar-refractivity contribution is 7.89. The van der Waals surface area contributed by atoms with Crippen molar-refractivity contribution in [2.75, 3.05) is 5.32 Å². The SMILES string of the molecule is NS(=O)(=O)c1cc(NC(=O)Cc2ccccc2Cl)cc2cn(C(F)F)cc12. The van der Waals surface area contributed by atoms with Crippen LogP contribution in [0.2, 0.25) is 5.02 Å². The summed E-state index contributed by atoms with van der Waals surface area (Å²) in [5, 5.41) is 8.41. The number of benzene rings is 2. The van der Waals surface area contributed by atoms with E-state index in [1.807, 2.05) is 0 Å². The zero-order valence-electron chi connectivity index (χ0n) is 13.7. The predicted octanol–water partition coefficient (Wildman–Crippen LogP) is 3.52. The van der Waals surface area contributed by atoms with Gasteiger partial charge in [0.1, 0.15) is 0 Å². The van der Waals surface area contributed by atoms with Crippen LogP contribution in [-0.4, -0.2) is 18.9 Å². The molecule has 0 spiro atoms. The van der Waals surface area contributed by atoms with E-state index < -0.39 is 22.5 Å². The predicted molar refractivity (Wildman–Crippen MR) is 98.3 cm³/mol. The van der Waals surface area contributed by atoms with Gasteiger partial charge in [0.05, 0.1) is 11.3 Å². The van der Waals surface area contributed by atoms with Crippen LogP contribution in [0.3, 0.4) is 0 Å². The van der Waals surface area contributed by atoms with Crippen LogP contribution in [0.4, 0.5) is 14.5 Å². The molecule has 0 atom stereocenters. The van der Waals surface area contributed by atoms with E-state index in [-0.39, 0.29) is 27.8 Å². The normalized spacial score (nSPS) is 11.9. The Bertz CT molecular complexity index is 1130. The molecular weight excluding hydrogens is 400 g/mol. The number of hydrogen-bond acceptors (Lipinski definition) is 3. The Kier molecular flexibility index (Phi) is 5.18. The van der Waals surface area contributed by atoms with Crippen molar-refractivity contribution in [3.8, 4) is 0 Å². The number of amides is 1. The van der Waals surface area contributed by atoms with Crippen molar-refractivity contribution in [2.45, 2.75) is 17.9 Å². The zero-order valence-corrected chi connectivity index (χ0v) is 15.3. The lowest BCUT2D eigenvalue weighted by molar-refractivity contribution is -0.115. The molecule has 6 nitrogen and oxygen atoms in total. The molecule has 0 bridgehead atoms. The Morgan fingerprint density at radius 2 is 1.93 bits per heavy atom. The van der Waals surface area contributed by atoms with Crippen LogP contribution in [0.1, 0.15) is 12.1 Å². The Morgan fingerprint density at radius 1 is 1.22 bits per heavy atom. The van der Waals surface area contributed by atoms with Gasteiger partial charge >= 0.3 is 6.55 Å². The third kappa shape index (κ3) is 4.26. The van der Waals surface area contributed by atoms with Crippen LogP contribution in [0, 0.1) is 0 Å². The summed E-state index contributed by atoms with van der Waals surface area (Å²) >= 11 is 6.02. The molecule has 3 rings (SSSR count). The molecule has 27 heavy (non-hydrogen) atoms. The molecule has 0 saturated carbocycles. The summed E-state index contributed by atoms with van der Waals surface area (Å²) in [5.74, 6) is -0.448. The summed E-state index contributed by atoms with van der Waals surface area (Å²) < 4.78 is 50.1. The number of rotatable bonds is 5. The first-order chi connectivity index (χ1) is 12.6. The highest BCUT2D eigenvalue weighted by Crippen LogP contribution is 2.30. The first-order valence-electron chi connectivity index (χ1n) is 7.64. The Labute approximate surface area is 158 Å². The number of aromatic nitrogens is 1. The van der Waals surface area contributed by atoms with E-state index in [1.54, 1.807) is 24.3 Å². The fourth-order valence-corrected chi connectivity index (χ4v) is 3.65. The number of anilines is 1. The molecule has 142 valence electrons. The monoisotopic (exact) mass is 413 g/mol. The van der Waals surface area contributed by atoms with Crippen molar-refractivity contribution >= 4 is 44.0 Å². The number of fused-ring (bicyclic) bond motifs is 1. The quantitative estimate of drug-likeness (QED) is 0.670. The van der Waals surface area contributed by atoms with Crippen LogP contribution < -0.4 is 10.5 Å². The van der Waals surface area contributed by atoms with Gasteiger partial charge in [0.15, 0.2) is 0 Å². The maximum absolute atomic E-state index is 12.9. The summed E-state index contributed by atoms with van der Waals surface area (Å²) in [7, 11) is -4.20. The Morgan fingerprint density at radius 3 is 2.56 bits per heavy atom. The number of carbonyl (C=O) groups is 1. The molecule has 10 heteroatoms. The highest BCUT2D eigenvalue weighted by Gasteiger charge is 2.19. The highest BCUT2D eigenvalue weighted by atomic mass is 35.5. The van der Waals surface area contributed by atoms with E-state index >= 15 is 0 Å². The molecule has 0 saturated heterocycles. The average Bonchev–Trinajstić information content (AvgIpc) is 2.99. The van der Waals surface area contributed by atoms with Crippen LogP contribution >= 0.6 is 11.6 Å². The van der Waals surface area contributed by atoms with Gasteiger partial charge in [-0.1, -0.05) is 29.8 Å². The first-order valence-corrected chi connectivity index (χ1v) is 9.57. The van der Waals surface area contributed by atoms with Gasteiger partial charge in [-0.15, -0.1) is 0 Å². The number of alkyl halides is 2. The Balaban J connectivity index is 1.97. The molecular formula is C17H14ClF2N3O3S. The molecule has 0 fully saturated rings. The first kappa shape index (κ1) is 19.3. The molecule has 0 radical (unpaired) electrons. The maximum atomic E-state index is 12.9. The van der Waals surface area contributed by atoms with Gasteiger partial charge in [0, 0.05) is 33.9 Å². The van der Waals surface area contributed by atoms with Gasteiger partial charge in [0.25, 0.3) is 0 Å². The maximum Gasteiger partial charge on any atom is 0.318 e. The zero-order chi connectivity index (χ0) is 19.8. The largest absolute Gasteiger partial charge is 0.326 e. The number of primary sulfonamides is 1. The van der Waals surface area contributed by atoms with E-state index in [1.165, 1.54) is 6.07 Å². The van der Waals surface area contributed by atoms with E-state index in [4.69, 9.17) is 16.7 Å². The molecule has 0 aliphatic heterocycles. The van der Waals surface area contributed by atoms with E-state index in [0.29, 0.717) is 15.2 Å². The molecule has 0 aliphatic rings. The number of hydrogen-bond donors (Lipinski definition) is 2. The Hall–Kier alpha value is -2.49. The van der Waals surface area contributed by atoms with Crippen molar-refractivity contribution in [3.05, 3.63) is 59.4 Å². The van der Waals surface area contributed by atoms with Crippen molar-refractivity contribution in [1.82, 2.24) is 4.57 Å². The molecule has 0 aliphatic carbocycles. The van der Waals surface area contributed by atoms with Crippen LogP contribution in [-0.2, 0) is 21.2 Å². The minimum absolute atomic E-state index is 0.0412. The summed E-state index contributed by atoms with van der Waals surface area (Å²) in [6, 6.07) is 9.31.